The van der Waals surface area contributed by atoms with Crippen molar-refractivity contribution in [3.8, 4) is 0 Å². The van der Waals surface area contributed by atoms with E-state index in [1.54, 1.807) is 0 Å². The number of hydrogen-bond donors (Lipinski definition) is 3. The SMILES string of the molecule is NC(CC(=O)O)=NO. The molecule has 0 fully saturated rings. The van der Waals surface area contributed by atoms with Gasteiger partial charge in [-0.2, -0.15) is 0 Å². The van der Waals surface area contributed by atoms with Crippen molar-refractivity contribution >= 4 is 11.8 Å². The number of rotatable bonds is 2. The van der Waals surface area contributed by atoms with Crippen LogP contribution in [0.15, 0.2) is 5.16 Å². The van der Waals surface area contributed by atoms with Crippen LogP contribution in [0.3, 0.4) is 0 Å². The number of hydrogen-bond acceptors (Lipinski definition) is 3. The molecule has 0 aliphatic heterocycles. The fraction of sp³-hybridized carbons (Fsp3) is 0.333. The van der Waals surface area contributed by atoms with Crippen LogP contribution in [0.25, 0.3) is 0 Å². The van der Waals surface area contributed by atoms with E-state index in [1.807, 2.05) is 0 Å². The van der Waals surface area contributed by atoms with Gasteiger partial charge in [-0.1, -0.05) is 5.16 Å². The van der Waals surface area contributed by atoms with Crippen molar-refractivity contribution in [1.29, 1.82) is 0 Å². The van der Waals surface area contributed by atoms with E-state index in [-0.39, 0.29) is 5.84 Å². The van der Waals surface area contributed by atoms with Crippen LogP contribution in [0, 0.1) is 0 Å². The van der Waals surface area contributed by atoms with Gasteiger partial charge in [-0.25, -0.2) is 0 Å². The molecule has 8 heavy (non-hydrogen) atoms. The van der Waals surface area contributed by atoms with Crippen LogP contribution in [0.4, 0.5) is 0 Å². The highest BCUT2D eigenvalue weighted by Crippen LogP contribution is 1.76. The first-order valence-corrected chi connectivity index (χ1v) is 1.85. The summed E-state index contributed by atoms with van der Waals surface area (Å²) in [6.45, 7) is 0. The Balaban J connectivity index is 3.56. The molecule has 0 aromatic carbocycles. The van der Waals surface area contributed by atoms with Crippen molar-refractivity contribution in [2.45, 2.75) is 6.42 Å². The summed E-state index contributed by atoms with van der Waals surface area (Å²) in [5.74, 6) is -1.40. The smallest absolute Gasteiger partial charge is 0.311 e. The predicted octanol–water partition coefficient (Wildman–Crippen LogP) is -0.793. The van der Waals surface area contributed by atoms with E-state index in [0.29, 0.717) is 0 Å². The summed E-state index contributed by atoms with van der Waals surface area (Å²) in [4.78, 5) is 9.70. The molecular weight excluding hydrogens is 112 g/mol. The van der Waals surface area contributed by atoms with E-state index in [1.165, 1.54) is 0 Å². The van der Waals surface area contributed by atoms with Gasteiger partial charge in [0.15, 0.2) is 0 Å². The first-order valence-electron chi connectivity index (χ1n) is 1.85. The lowest BCUT2D eigenvalue weighted by atomic mass is 10.4. The van der Waals surface area contributed by atoms with Gasteiger partial charge in [-0.05, 0) is 0 Å². The highest BCUT2D eigenvalue weighted by atomic mass is 16.4. The van der Waals surface area contributed by atoms with Gasteiger partial charge in [0.05, 0.1) is 0 Å². The van der Waals surface area contributed by atoms with E-state index in [4.69, 9.17) is 16.0 Å². The summed E-state index contributed by atoms with van der Waals surface area (Å²) in [6.07, 6.45) is -0.420. The summed E-state index contributed by atoms with van der Waals surface area (Å²) in [7, 11) is 0. The minimum absolute atomic E-state index is 0.294. The van der Waals surface area contributed by atoms with E-state index in [2.05, 4.69) is 5.16 Å². The fourth-order valence-electron chi connectivity index (χ4n) is 0.190. The molecule has 0 aliphatic rings. The Hall–Kier alpha value is -1.26. The molecule has 0 unspecified atom stereocenters. The van der Waals surface area contributed by atoms with Crippen molar-refractivity contribution in [3.05, 3.63) is 0 Å². The highest BCUT2D eigenvalue weighted by Gasteiger charge is 1.98. The molecule has 0 saturated heterocycles. The Morgan fingerprint density at radius 2 is 2.25 bits per heavy atom. The quantitative estimate of drug-likeness (QED) is 0.191. The molecule has 0 aromatic rings. The minimum Gasteiger partial charge on any atom is -0.481 e. The number of carboxylic acids is 1. The van der Waals surface area contributed by atoms with Gasteiger partial charge in [-0.15, -0.1) is 0 Å². The second-order valence-corrected chi connectivity index (χ2v) is 1.16. The van der Waals surface area contributed by atoms with Gasteiger partial charge in [0.1, 0.15) is 12.3 Å². The normalized spacial score (nSPS) is 11.2. The molecule has 5 nitrogen and oxygen atoms in total. The van der Waals surface area contributed by atoms with Crippen LogP contribution >= 0.6 is 0 Å². The first-order chi connectivity index (χ1) is 3.66. The molecule has 4 N–H and O–H groups in total. The maximum atomic E-state index is 9.70. The number of carboxylic acid groups (broad SMARTS) is 1. The molecule has 0 rings (SSSR count). The largest absolute Gasteiger partial charge is 0.481 e. The van der Waals surface area contributed by atoms with Crippen molar-refractivity contribution in [3.63, 3.8) is 0 Å². The third kappa shape index (κ3) is 2.95. The van der Waals surface area contributed by atoms with Gasteiger partial charge in [0.25, 0.3) is 0 Å². The second kappa shape index (κ2) is 2.84. The lowest BCUT2D eigenvalue weighted by Gasteiger charge is -1.87. The topological polar surface area (TPSA) is 95.9 Å². The summed E-state index contributed by atoms with van der Waals surface area (Å²) in [6, 6.07) is 0. The zero-order valence-electron chi connectivity index (χ0n) is 4.03. The number of amidine groups is 1. The van der Waals surface area contributed by atoms with Gasteiger partial charge in [0, 0.05) is 0 Å². The Labute approximate surface area is 45.4 Å². The Morgan fingerprint density at radius 1 is 1.75 bits per heavy atom. The van der Waals surface area contributed by atoms with Gasteiger partial charge in [-0.3, -0.25) is 4.79 Å². The molecule has 0 aromatic heterocycles. The number of oxime groups is 1. The Morgan fingerprint density at radius 3 is 2.38 bits per heavy atom. The van der Waals surface area contributed by atoms with E-state index < -0.39 is 12.4 Å². The molecule has 0 heterocycles. The van der Waals surface area contributed by atoms with E-state index in [9.17, 15) is 4.79 Å². The average Bonchev–Trinajstić information content (AvgIpc) is 1.65. The molecule has 0 spiro atoms. The first kappa shape index (κ1) is 6.74. The zero-order chi connectivity index (χ0) is 6.57. The minimum atomic E-state index is -1.11. The predicted molar refractivity (Wildman–Crippen MR) is 25.7 cm³/mol. The average molecular weight is 118 g/mol. The summed E-state index contributed by atoms with van der Waals surface area (Å²) in [5, 5.41) is 18.2. The Kier molecular flexibility index (Phi) is 2.39. The summed E-state index contributed by atoms with van der Waals surface area (Å²) < 4.78 is 0. The maximum Gasteiger partial charge on any atom is 0.311 e. The molecule has 0 bridgehead atoms. The van der Waals surface area contributed by atoms with Crippen molar-refractivity contribution < 1.29 is 15.1 Å². The lowest BCUT2D eigenvalue weighted by molar-refractivity contribution is -0.135. The second-order valence-electron chi connectivity index (χ2n) is 1.16. The number of nitrogens with zero attached hydrogens (tertiary/aromatic N) is 1. The lowest BCUT2D eigenvalue weighted by Crippen LogP contribution is -2.16. The van der Waals surface area contributed by atoms with Crippen LogP contribution in [0.1, 0.15) is 6.42 Å². The van der Waals surface area contributed by atoms with Crippen LogP contribution in [-0.4, -0.2) is 22.1 Å². The number of carbonyl (C=O) groups is 1. The van der Waals surface area contributed by atoms with Crippen LogP contribution in [0.5, 0.6) is 0 Å². The number of aliphatic carboxylic acids is 1. The van der Waals surface area contributed by atoms with Crippen LogP contribution < -0.4 is 5.73 Å². The van der Waals surface area contributed by atoms with Gasteiger partial charge >= 0.3 is 5.97 Å². The molecule has 5 heteroatoms. The maximum absolute atomic E-state index is 9.70. The molecule has 0 atom stereocenters. The standard InChI is InChI=1S/C3H6N2O3/c4-2(5-8)1-3(6)7/h8H,1H2,(H2,4,5)(H,6,7). The Bertz CT molecular complexity index is 120. The van der Waals surface area contributed by atoms with Crippen LogP contribution in [-0.2, 0) is 4.79 Å². The monoisotopic (exact) mass is 118 g/mol. The van der Waals surface area contributed by atoms with E-state index in [0.717, 1.165) is 0 Å². The summed E-state index contributed by atoms with van der Waals surface area (Å²) in [5.41, 5.74) is 4.79. The summed E-state index contributed by atoms with van der Waals surface area (Å²) >= 11 is 0. The molecule has 46 valence electrons. The molecule has 0 saturated carbocycles. The van der Waals surface area contributed by atoms with Crippen molar-refractivity contribution in [2.75, 3.05) is 0 Å². The van der Waals surface area contributed by atoms with Crippen LogP contribution in [0.2, 0.25) is 0 Å². The van der Waals surface area contributed by atoms with E-state index >= 15 is 0 Å². The van der Waals surface area contributed by atoms with Crippen molar-refractivity contribution in [1.82, 2.24) is 0 Å². The highest BCUT2D eigenvalue weighted by molar-refractivity contribution is 5.95. The van der Waals surface area contributed by atoms with Crippen molar-refractivity contribution in [2.24, 2.45) is 10.9 Å². The third-order valence-corrected chi connectivity index (χ3v) is 0.461. The number of nitrogens with two attached hydrogens (primary N) is 1. The third-order valence-electron chi connectivity index (χ3n) is 0.461. The molecule has 0 aliphatic carbocycles. The van der Waals surface area contributed by atoms with Gasteiger partial charge in [0.2, 0.25) is 0 Å². The zero-order valence-corrected chi connectivity index (χ0v) is 4.03. The van der Waals surface area contributed by atoms with Gasteiger partial charge < -0.3 is 16.0 Å². The fourth-order valence-corrected chi connectivity index (χ4v) is 0.190. The molecule has 0 radical (unpaired) electrons. The molecular formula is C3H6N2O3. The molecule has 0 amide bonds.